The summed E-state index contributed by atoms with van der Waals surface area (Å²) in [6.45, 7) is 0. The Morgan fingerprint density at radius 3 is 2.00 bits per heavy atom. The van der Waals surface area contributed by atoms with Crippen LogP contribution in [0.2, 0.25) is 0 Å². The number of thiophene rings is 2. The molecule has 0 aliphatic heterocycles. The number of nitrogens with one attached hydrogen (secondary N) is 3. The third-order valence-electron chi connectivity index (χ3n) is 6.47. The van der Waals surface area contributed by atoms with Crippen molar-refractivity contribution in [1.82, 2.24) is 59.1 Å². The minimum absolute atomic E-state index is 0.270. The van der Waals surface area contributed by atoms with Crippen molar-refractivity contribution in [2.45, 2.75) is 0 Å². The van der Waals surface area contributed by atoms with Gasteiger partial charge >= 0.3 is 0 Å². The van der Waals surface area contributed by atoms with Crippen molar-refractivity contribution in [2.24, 2.45) is 0 Å². The molecule has 8 heterocycles. The van der Waals surface area contributed by atoms with Crippen LogP contribution in [0.25, 0.3) is 64.1 Å². The van der Waals surface area contributed by atoms with Gasteiger partial charge in [0.05, 0.1) is 0 Å². The summed E-state index contributed by atoms with van der Waals surface area (Å²) in [7, 11) is 0. The molecule has 3 N–H and O–H groups in total. The Morgan fingerprint density at radius 1 is 0.707 bits per heavy atom. The van der Waals surface area contributed by atoms with Gasteiger partial charge in [0.1, 0.15) is 41.1 Å². The highest BCUT2D eigenvalue weighted by Gasteiger charge is 2.19. The van der Waals surface area contributed by atoms with Gasteiger partial charge in [0, 0.05) is 36.0 Å². The Balaban J connectivity index is 1.10. The summed E-state index contributed by atoms with van der Waals surface area (Å²) in [5, 5.41) is 12.0. The standard InChI is InChI=1S/C24H11N13O2S2/c38-20-15-11(13-18(40-15)27-6-4-25-13)30-23-32-17(34-36(20)23)9-2-1-3-10(8-9)29-22-33-24-31-12-14-19(28-7-5-26-14)41-16(12)21(39)37(24)35-22/h1-8H,(H,30,32,34)(H2,29,31,33,35). The van der Waals surface area contributed by atoms with Crippen LogP contribution in [0.1, 0.15) is 0 Å². The van der Waals surface area contributed by atoms with Gasteiger partial charge in [-0.1, -0.05) is 12.1 Å². The molecule has 17 heteroatoms. The minimum Gasteiger partial charge on any atom is -0.324 e. The normalized spacial score (nSPS) is 12.1. The third-order valence-corrected chi connectivity index (χ3v) is 8.60. The molecule has 0 fully saturated rings. The van der Waals surface area contributed by atoms with Crippen LogP contribution in [0.3, 0.4) is 0 Å². The Hall–Kier alpha value is -5.68. The lowest BCUT2D eigenvalue weighted by Crippen LogP contribution is -2.14. The number of nitrogens with zero attached hydrogens (tertiary/aromatic N) is 10. The van der Waals surface area contributed by atoms with Gasteiger partial charge in [0.2, 0.25) is 17.5 Å². The van der Waals surface area contributed by atoms with E-state index in [-0.39, 0.29) is 16.9 Å². The van der Waals surface area contributed by atoms with Crippen molar-refractivity contribution >= 4 is 87.0 Å². The predicted octanol–water partition coefficient (Wildman–Crippen LogP) is 2.88. The van der Waals surface area contributed by atoms with Crippen LogP contribution >= 0.6 is 22.7 Å². The predicted molar refractivity (Wildman–Crippen MR) is 153 cm³/mol. The summed E-state index contributed by atoms with van der Waals surface area (Å²) in [6.07, 6.45) is 6.30. The molecule has 0 aliphatic rings. The van der Waals surface area contributed by atoms with Crippen molar-refractivity contribution in [1.29, 1.82) is 0 Å². The summed E-state index contributed by atoms with van der Waals surface area (Å²) in [5.41, 5.74) is 2.87. The van der Waals surface area contributed by atoms with E-state index < -0.39 is 0 Å². The molecule has 9 rings (SSSR count). The van der Waals surface area contributed by atoms with E-state index in [1.165, 1.54) is 31.7 Å². The SMILES string of the molecule is O=c1c2sc3nccnc3c2nc2[nH]c(Nc3cccc(-c4nn5c(=O)c6sc7nccnc7c6nc5[nH]4)c3)nn12. The summed E-state index contributed by atoms with van der Waals surface area (Å²) >= 11 is 2.47. The van der Waals surface area contributed by atoms with Crippen LogP contribution in [0.15, 0.2) is 58.6 Å². The fourth-order valence-electron chi connectivity index (χ4n) is 4.69. The zero-order valence-electron chi connectivity index (χ0n) is 20.2. The average Bonchev–Trinajstić information content (AvgIpc) is 3.77. The first kappa shape index (κ1) is 22.2. The second kappa shape index (κ2) is 7.93. The summed E-state index contributed by atoms with van der Waals surface area (Å²) < 4.78 is 3.31. The molecule has 1 aromatic carbocycles. The Labute approximate surface area is 232 Å². The molecule has 196 valence electrons. The zero-order valence-corrected chi connectivity index (χ0v) is 21.9. The maximum absolute atomic E-state index is 13.2. The fraction of sp³-hybridized carbons (Fsp3) is 0. The molecule has 0 unspecified atom stereocenters. The smallest absolute Gasteiger partial charge is 0.293 e. The highest BCUT2D eigenvalue weighted by molar-refractivity contribution is 7.25. The maximum Gasteiger partial charge on any atom is 0.293 e. The van der Waals surface area contributed by atoms with Crippen LogP contribution < -0.4 is 16.4 Å². The molecule has 0 atom stereocenters. The summed E-state index contributed by atoms with van der Waals surface area (Å²) in [4.78, 5) is 60.2. The molecule has 0 radical (unpaired) electrons. The van der Waals surface area contributed by atoms with E-state index in [0.717, 1.165) is 0 Å². The molecular weight excluding hydrogens is 566 g/mol. The molecule has 41 heavy (non-hydrogen) atoms. The van der Waals surface area contributed by atoms with Gasteiger partial charge in [-0.05, 0) is 12.1 Å². The highest BCUT2D eigenvalue weighted by Crippen LogP contribution is 2.29. The number of benzene rings is 1. The van der Waals surface area contributed by atoms with Gasteiger partial charge in [0.15, 0.2) is 5.82 Å². The number of aromatic nitrogens is 12. The van der Waals surface area contributed by atoms with Crippen molar-refractivity contribution in [3.8, 4) is 11.4 Å². The molecule has 0 aliphatic carbocycles. The van der Waals surface area contributed by atoms with E-state index in [9.17, 15) is 9.59 Å². The Morgan fingerprint density at radius 2 is 1.32 bits per heavy atom. The number of rotatable bonds is 3. The fourth-order valence-corrected chi connectivity index (χ4v) is 6.63. The maximum atomic E-state index is 13.2. The molecule has 9 aromatic rings. The Bertz CT molecular complexity index is 2640. The van der Waals surface area contributed by atoms with Crippen LogP contribution in [0, 0.1) is 0 Å². The van der Waals surface area contributed by atoms with Crippen LogP contribution in [0.4, 0.5) is 11.6 Å². The topological polar surface area (TPSA) is 190 Å². The largest absolute Gasteiger partial charge is 0.324 e. The quantitative estimate of drug-likeness (QED) is 0.280. The van der Waals surface area contributed by atoms with E-state index in [0.29, 0.717) is 69.9 Å². The summed E-state index contributed by atoms with van der Waals surface area (Å²) in [6, 6.07) is 7.35. The monoisotopic (exact) mass is 577 g/mol. The highest BCUT2D eigenvalue weighted by atomic mass is 32.1. The molecule has 0 saturated heterocycles. The van der Waals surface area contributed by atoms with E-state index in [1.807, 2.05) is 24.3 Å². The van der Waals surface area contributed by atoms with Crippen LogP contribution in [-0.4, -0.2) is 59.1 Å². The molecular formula is C24H11N13O2S2. The van der Waals surface area contributed by atoms with E-state index in [2.05, 4.69) is 55.4 Å². The number of anilines is 2. The molecule has 0 saturated carbocycles. The number of hydrogen-bond acceptors (Lipinski definition) is 13. The first-order valence-electron chi connectivity index (χ1n) is 12.0. The van der Waals surface area contributed by atoms with Crippen molar-refractivity contribution < 1.29 is 0 Å². The lowest BCUT2D eigenvalue weighted by molar-refractivity contribution is 0.920. The molecule has 8 aromatic heterocycles. The van der Waals surface area contributed by atoms with Crippen LogP contribution in [0.5, 0.6) is 0 Å². The number of H-pyrrole nitrogens is 2. The third kappa shape index (κ3) is 3.17. The van der Waals surface area contributed by atoms with Crippen molar-refractivity contribution in [3.05, 3.63) is 69.8 Å². The number of hydrogen-bond donors (Lipinski definition) is 3. The molecule has 0 amide bonds. The van der Waals surface area contributed by atoms with Crippen LogP contribution in [-0.2, 0) is 0 Å². The molecule has 0 spiro atoms. The second-order valence-electron chi connectivity index (χ2n) is 8.94. The molecule has 0 bridgehead atoms. The minimum atomic E-state index is -0.313. The van der Waals surface area contributed by atoms with Gasteiger partial charge in [0.25, 0.3) is 11.1 Å². The van der Waals surface area contributed by atoms with Gasteiger partial charge in [-0.25, -0.2) is 29.9 Å². The van der Waals surface area contributed by atoms with Gasteiger partial charge in [-0.2, -0.15) is 9.03 Å². The molecule has 15 nitrogen and oxygen atoms in total. The van der Waals surface area contributed by atoms with E-state index >= 15 is 0 Å². The lowest BCUT2D eigenvalue weighted by Gasteiger charge is -2.03. The van der Waals surface area contributed by atoms with E-state index in [4.69, 9.17) is 0 Å². The first-order valence-corrected chi connectivity index (χ1v) is 13.7. The van der Waals surface area contributed by atoms with Gasteiger partial charge < -0.3 is 10.3 Å². The van der Waals surface area contributed by atoms with Gasteiger partial charge in [-0.3, -0.25) is 14.6 Å². The zero-order chi connectivity index (χ0) is 27.2. The first-order chi connectivity index (χ1) is 20.1. The van der Waals surface area contributed by atoms with Crippen molar-refractivity contribution in [2.75, 3.05) is 5.32 Å². The number of fused-ring (bicyclic) bond motifs is 8. The van der Waals surface area contributed by atoms with Crippen molar-refractivity contribution in [3.63, 3.8) is 0 Å². The second-order valence-corrected chi connectivity index (χ2v) is 10.9. The number of aromatic amines is 2. The van der Waals surface area contributed by atoms with Gasteiger partial charge in [-0.15, -0.1) is 32.9 Å². The Kier molecular flexibility index (Phi) is 4.29. The van der Waals surface area contributed by atoms with E-state index in [1.54, 1.807) is 24.8 Å². The average molecular weight is 578 g/mol. The summed E-state index contributed by atoms with van der Waals surface area (Å²) in [5.74, 6) is 1.32. The lowest BCUT2D eigenvalue weighted by atomic mass is 10.2.